The van der Waals surface area contributed by atoms with E-state index in [1.54, 1.807) is 23.8 Å². The van der Waals surface area contributed by atoms with E-state index in [0.29, 0.717) is 23.2 Å². The normalized spacial score (nSPS) is 18.2. The maximum absolute atomic E-state index is 13.6. The van der Waals surface area contributed by atoms with Gasteiger partial charge in [-0.15, -0.1) is 11.8 Å². The van der Waals surface area contributed by atoms with Gasteiger partial charge < -0.3 is 14.4 Å². The van der Waals surface area contributed by atoms with Crippen LogP contribution in [-0.2, 0) is 16.6 Å². The average molecular weight is 535 g/mol. The Morgan fingerprint density at radius 1 is 1.08 bits per heavy atom. The van der Waals surface area contributed by atoms with Crippen LogP contribution < -0.4 is 14.4 Å². The van der Waals surface area contributed by atoms with Crippen molar-refractivity contribution in [1.29, 1.82) is 0 Å². The summed E-state index contributed by atoms with van der Waals surface area (Å²) in [7, 11) is 5.12. The van der Waals surface area contributed by atoms with Crippen LogP contribution in [0.1, 0.15) is 36.1 Å². The molecule has 0 spiro atoms. The monoisotopic (exact) mass is 534 g/mol. The summed E-state index contributed by atoms with van der Waals surface area (Å²) in [6.07, 6.45) is 1.98. The van der Waals surface area contributed by atoms with E-state index < -0.39 is 0 Å². The van der Waals surface area contributed by atoms with Crippen LogP contribution in [-0.4, -0.2) is 66.1 Å². The molecule has 200 valence electrons. The molecule has 1 aromatic heterocycles. The summed E-state index contributed by atoms with van der Waals surface area (Å²) in [6.45, 7) is 3.68. The number of amides is 2. The molecule has 2 aliphatic heterocycles. The Morgan fingerprint density at radius 3 is 2.50 bits per heavy atom. The van der Waals surface area contributed by atoms with E-state index in [0.717, 1.165) is 48.3 Å². The number of hydrogen-bond acceptors (Lipinski definition) is 6. The number of aromatic nitrogens is 2. The Labute approximate surface area is 227 Å². The molecule has 3 heterocycles. The lowest BCUT2D eigenvalue weighted by atomic mass is 9.98. The minimum absolute atomic E-state index is 0.00347. The van der Waals surface area contributed by atoms with Crippen molar-refractivity contribution in [2.45, 2.75) is 25.0 Å². The Bertz CT molecular complexity index is 1320. The van der Waals surface area contributed by atoms with Crippen molar-refractivity contribution in [3.05, 3.63) is 59.7 Å². The molecule has 0 bridgehead atoms. The fraction of sp³-hybridized carbons (Fsp3) is 0.414. The topological polar surface area (TPSA) is 76.9 Å². The summed E-state index contributed by atoms with van der Waals surface area (Å²) in [5.74, 6) is 2.76. The van der Waals surface area contributed by atoms with Gasteiger partial charge in [-0.3, -0.25) is 19.2 Å². The van der Waals surface area contributed by atoms with Gasteiger partial charge in [-0.1, -0.05) is 37.3 Å². The molecule has 0 radical (unpaired) electrons. The average Bonchev–Trinajstić information content (AvgIpc) is 3.21. The van der Waals surface area contributed by atoms with Crippen molar-refractivity contribution in [3.8, 4) is 22.8 Å². The van der Waals surface area contributed by atoms with E-state index in [2.05, 4.69) is 6.92 Å². The number of nitrogens with zero attached hydrogens (tertiary/aromatic N) is 4. The van der Waals surface area contributed by atoms with Crippen LogP contribution in [0.3, 0.4) is 0 Å². The van der Waals surface area contributed by atoms with Gasteiger partial charge in [0.05, 0.1) is 30.9 Å². The quantitative estimate of drug-likeness (QED) is 0.463. The third kappa shape index (κ3) is 4.99. The zero-order valence-corrected chi connectivity index (χ0v) is 23.2. The van der Waals surface area contributed by atoms with E-state index in [4.69, 9.17) is 14.6 Å². The fourth-order valence-electron chi connectivity index (χ4n) is 5.28. The largest absolute Gasteiger partial charge is 0.497 e. The van der Waals surface area contributed by atoms with Crippen molar-refractivity contribution in [2.24, 2.45) is 13.0 Å². The fourth-order valence-corrected chi connectivity index (χ4v) is 6.49. The van der Waals surface area contributed by atoms with Crippen molar-refractivity contribution in [2.75, 3.05) is 44.5 Å². The molecule has 1 fully saturated rings. The Hall–Kier alpha value is -3.46. The first-order chi connectivity index (χ1) is 18.4. The van der Waals surface area contributed by atoms with Gasteiger partial charge >= 0.3 is 0 Å². The first kappa shape index (κ1) is 26.2. The van der Waals surface area contributed by atoms with Crippen LogP contribution in [0.15, 0.2) is 48.5 Å². The molecule has 1 atom stereocenters. The van der Waals surface area contributed by atoms with Gasteiger partial charge in [-0.2, -0.15) is 5.10 Å². The molecular weight excluding hydrogens is 500 g/mol. The smallest absolute Gasteiger partial charge is 0.242 e. The Balaban J connectivity index is 1.64. The first-order valence-corrected chi connectivity index (χ1v) is 14.0. The number of aryl methyl sites for hydroxylation is 1. The summed E-state index contributed by atoms with van der Waals surface area (Å²) in [5, 5.41) is 4.64. The first-order valence-electron chi connectivity index (χ1n) is 12.9. The number of carbonyl (C=O) groups excluding carboxylic acids is 2. The molecule has 0 N–H and O–H groups in total. The molecular formula is C29H34N4O4S. The third-order valence-corrected chi connectivity index (χ3v) is 8.68. The van der Waals surface area contributed by atoms with Gasteiger partial charge in [0.25, 0.3) is 0 Å². The highest BCUT2D eigenvalue weighted by atomic mass is 32.2. The molecule has 9 heteroatoms. The highest BCUT2D eigenvalue weighted by Crippen LogP contribution is 2.50. The van der Waals surface area contributed by atoms with E-state index in [9.17, 15) is 9.59 Å². The molecule has 3 aromatic rings. The van der Waals surface area contributed by atoms with Gasteiger partial charge in [0.1, 0.15) is 23.9 Å². The maximum Gasteiger partial charge on any atom is 0.242 e. The van der Waals surface area contributed by atoms with Crippen LogP contribution in [0, 0.1) is 5.92 Å². The number of methoxy groups -OCH3 is 2. The van der Waals surface area contributed by atoms with Crippen LogP contribution in [0.5, 0.6) is 11.5 Å². The number of benzene rings is 2. The van der Waals surface area contributed by atoms with Crippen LogP contribution >= 0.6 is 11.8 Å². The van der Waals surface area contributed by atoms with Crippen molar-refractivity contribution < 1.29 is 19.1 Å². The number of hydrogen-bond donors (Lipinski definition) is 0. The maximum atomic E-state index is 13.6. The van der Waals surface area contributed by atoms with Gasteiger partial charge in [0.2, 0.25) is 11.8 Å². The highest BCUT2D eigenvalue weighted by molar-refractivity contribution is 8.00. The number of likely N-dealkylation sites (tertiary alicyclic amines) is 1. The Kier molecular flexibility index (Phi) is 7.65. The van der Waals surface area contributed by atoms with E-state index in [1.165, 1.54) is 11.8 Å². The number of ether oxygens (including phenoxy) is 2. The Morgan fingerprint density at radius 2 is 1.82 bits per heavy atom. The predicted octanol–water partition coefficient (Wildman–Crippen LogP) is 4.53. The lowest BCUT2D eigenvalue weighted by Gasteiger charge is -2.32. The van der Waals surface area contributed by atoms with Gasteiger partial charge in [0, 0.05) is 36.8 Å². The lowest BCUT2D eigenvalue weighted by Crippen LogP contribution is -2.46. The third-order valence-electron chi connectivity index (χ3n) is 7.44. The van der Waals surface area contributed by atoms with E-state index >= 15 is 0 Å². The number of rotatable bonds is 6. The van der Waals surface area contributed by atoms with Gasteiger partial charge in [0.15, 0.2) is 0 Å². The van der Waals surface area contributed by atoms with E-state index in [1.807, 2.05) is 60.5 Å². The van der Waals surface area contributed by atoms with Crippen LogP contribution in [0.25, 0.3) is 11.3 Å². The molecule has 2 aliphatic rings. The highest BCUT2D eigenvalue weighted by Gasteiger charge is 2.38. The predicted molar refractivity (Wildman–Crippen MR) is 150 cm³/mol. The molecule has 0 aliphatic carbocycles. The molecule has 0 unspecified atom stereocenters. The van der Waals surface area contributed by atoms with E-state index in [-0.39, 0.29) is 29.4 Å². The summed E-state index contributed by atoms with van der Waals surface area (Å²) in [4.78, 5) is 30.6. The minimum atomic E-state index is -0.265. The van der Waals surface area contributed by atoms with Gasteiger partial charge in [-0.25, -0.2) is 0 Å². The van der Waals surface area contributed by atoms with Crippen LogP contribution in [0.4, 0.5) is 5.82 Å². The molecule has 38 heavy (non-hydrogen) atoms. The molecule has 8 nitrogen and oxygen atoms in total. The number of thioether (sulfide) groups is 1. The number of piperidine rings is 1. The summed E-state index contributed by atoms with van der Waals surface area (Å²) >= 11 is 1.52. The molecule has 0 saturated carbocycles. The number of anilines is 1. The number of carbonyl (C=O) groups is 2. The number of fused-ring (bicyclic) bond motifs is 1. The van der Waals surface area contributed by atoms with Crippen molar-refractivity contribution in [1.82, 2.24) is 14.7 Å². The SMILES string of the molecule is COc1ccc(OC)c([C@H]2SCC(=O)N(CC(=O)N3CCC(C)CC3)c3c2c(-c2ccccc2)nn3C)c1. The minimum Gasteiger partial charge on any atom is -0.497 e. The second-order valence-corrected chi connectivity index (χ2v) is 11.0. The van der Waals surface area contributed by atoms with Crippen LogP contribution in [0.2, 0.25) is 0 Å². The van der Waals surface area contributed by atoms with Gasteiger partial charge in [-0.05, 0) is 37.0 Å². The molecule has 5 rings (SSSR count). The summed E-state index contributed by atoms with van der Waals surface area (Å²) < 4.78 is 13.0. The molecule has 2 amide bonds. The zero-order chi connectivity index (χ0) is 26.8. The second kappa shape index (κ2) is 11.1. The molecule has 1 saturated heterocycles. The van der Waals surface area contributed by atoms with Crippen molar-refractivity contribution >= 4 is 29.4 Å². The van der Waals surface area contributed by atoms with Crippen molar-refractivity contribution in [3.63, 3.8) is 0 Å². The second-order valence-electron chi connectivity index (χ2n) is 9.92. The standard InChI is InChI=1S/C29H34N4O4S/c1-19-12-14-32(15-13-19)24(34)17-33-25(35)18-38-28(22-16-21(36-3)10-11-23(22)37-4)26-27(30-31(2)29(26)33)20-8-6-5-7-9-20/h5-11,16,19,28H,12-15,17-18H2,1-4H3/t28-/m1/s1. The lowest BCUT2D eigenvalue weighted by molar-refractivity contribution is -0.132. The summed E-state index contributed by atoms with van der Waals surface area (Å²) in [6, 6.07) is 15.7. The zero-order valence-electron chi connectivity index (χ0n) is 22.3. The summed E-state index contributed by atoms with van der Waals surface area (Å²) in [5.41, 5.74) is 3.52. The molecule has 2 aromatic carbocycles.